The minimum absolute atomic E-state index is 0.301. The van der Waals surface area contributed by atoms with Crippen molar-refractivity contribution in [3.05, 3.63) is 52.4 Å². The Labute approximate surface area is 103 Å². The first kappa shape index (κ1) is 12.1. The second-order valence-electron chi connectivity index (χ2n) is 3.61. The van der Waals surface area contributed by atoms with Gasteiger partial charge in [0.25, 0.3) is 0 Å². The van der Waals surface area contributed by atoms with Gasteiger partial charge >= 0.3 is 11.6 Å². The summed E-state index contributed by atoms with van der Waals surface area (Å²) in [5.41, 5.74) is 0.367. The number of fused-ring (bicyclic) bond motifs is 1. The highest BCUT2D eigenvalue weighted by molar-refractivity contribution is 5.88. The van der Waals surface area contributed by atoms with Crippen LogP contribution in [0.4, 0.5) is 0 Å². The van der Waals surface area contributed by atoms with Crippen LogP contribution in [0.1, 0.15) is 12.5 Å². The standard InChI is InChI=1S/C14H12O4/c1-2-17-13(15)8-7-11-9-10-5-3-4-6-12(10)18-14(11)16/h3-9H,2H2,1H3/b8-7+. The van der Waals surface area contributed by atoms with Gasteiger partial charge in [-0.25, -0.2) is 9.59 Å². The lowest BCUT2D eigenvalue weighted by molar-refractivity contribution is -0.137. The lowest BCUT2D eigenvalue weighted by Crippen LogP contribution is -2.04. The molecular formula is C14H12O4. The Morgan fingerprint density at radius 1 is 1.39 bits per heavy atom. The SMILES string of the molecule is CCOC(=O)/C=C/c1cc2ccccc2oc1=O. The van der Waals surface area contributed by atoms with E-state index in [0.717, 1.165) is 5.39 Å². The quantitative estimate of drug-likeness (QED) is 0.472. The first-order valence-electron chi connectivity index (χ1n) is 5.58. The number of hydrogen-bond donors (Lipinski definition) is 0. The summed E-state index contributed by atoms with van der Waals surface area (Å²) in [7, 11) is 0. The summed E-state index contributed by atoms with van der Waals surface area (Å²) < 4.78 is 9.86. The van der Waals surface area contributed by atoms with Crippen molar-refractivity contribution in [3.63, 3.8) is 0 Å². The number of hydrogen-bond acceptors (Lipinski definition) is 4. The Morgan fingerprint density at radius 3 is 2.94 bits per heavy atom. The van der Waals surface area contributed by atoms with Gasteiger partial charge in [0, 0.05) is 11.5 Å². The highest BCUT2D eigenvalue weighted by Crippen LogP contribution is 2.13. The normalized spacial score (nSPS) is 10.9. The Balaban J connectivity index is 2.36. The van der Waals surface area contributed by atoms with E-state index in [9.17, 15) is 9.59 Å². The molecule has 0 aliphatic carbocycles. The molecule has 0 unspecified atom stereocenters. The molecule has 4 heteroatoms. The van der Waals surface area contributed by atoms with Crippen LogP contribution >= 0.6 is 0 Å². The van der Waals surface area contributed by atoms with E-state index in [1.54, 1.807) is 25.1 Å². The number of rotatable bonds is 3. The molecular weight excluding hydrogens is 232 g/mol. The van der Waals surface area contributed by atoms with Gasteiger partial charge < -0.3 is 9.15 Å². The van der Waals surface area contributed by atoms with Crippen molar-refractivity contribution in [2.45, 2.75) is 6.92 Å². The Morgan fingerprint density at radius 2 is 2.17 bits per heavy atom. The zero-order valence-corrected chi connectivity index (χ0v) is 9.88. The second kappa shape index (κ2) is 5.31. The van der Waals surface area contributed by atoms with Crippen molar-refractivity contribution >= 4 is 23.0 Å². The smallest absolute Gasteiger partial charge is 0.343 e. The Bertz CT molecular complexity index is 652. The van der Waals surface area contributed by atoms with Crippen molar-refractivity contribution < 1.29 is 13.9 Å². The fourth-order valence-electron chi connectivity index (χ4n) is 1.54. The van der Waals surface area contributed by atoms with Crippen LogP contribution < -0.4 is 5.63 Å². The van der Waals surface area contributed by atoms with Crippen molar-refractivity contribution in [1.29, 1.82) is 0 Å². The van der Waals surface area contributed by atoms with E-state index in [0.29, 0.717) is 17.8 Å². The van der Waals surface area contributed by atoms with Gasteiger partial charge in [-0.05, 0) is 25.1 Å². The number of carbonyl (C=O) groups is 1. The molecule has 0 saturated carbocycles. The molecule has 0 saturated heterocycles. The van der Waals surface area contributed by atoms with Crippen LogP contribution in [-0.4, -0.2) is 12.6 Å². The van der Waals surface area contributed by atoms with Crippen LogP contribution in [0, 0.1) is 0 Å². The number of ether oxygens (including phenoxy) is 1. The highest BCUT2D eigenvalue weighted by Gasteiger charge is 2.02. The average Bonchev–Trinajstić information content (AvgIpc) is 2.36. The van der Waals surface area contributed by atoms with Gasteiger partial charge in [-0.3, -0.25) is 0 Å². The molecule has 2 aromatic rings. The Kier molecular flexibility index (Phi) is 3.57. The van der Waals surface area contributed by atoms with Gasteiger partial charge in [0.15, 0.2) is 0 Å². The van der Waals surface area contributed by atoms with Crippen molar-refractivity contribution in [3.8, 4) is 0 Å². The summed E-state index contributed by atoms with van der Waals surface area (Å²) in [6.45, 7) is 2.02. The van der Waals surface area contributed by atoms with E-state index in [1.807, 2.05) is 12.1 Å². The van der Waals surface area contributed by atoms with E-state index >= 15 is 0 Å². The number of esters is 1. The highest BCUT2D eigenvalue weighted by atomic mass is 16.5. The summed E-state index contributed by atoms with van der Waals surface area (Å²) in [5, 5.41) is 0.806. The fourth-order valence-corrected chi connectivity index (χ4v) is 1.54. The molecule has 0 fully saturated rings. The van der Waals surface area contributed by atoms with Gasteiger partial charge in [0.1, 0.15) is 5.58 Å². The molecule has 0 N–H and O–H groups in total. The molecule has 0 aliphatic rings. The summed E-state index contributed by atoms with van der Waals surface area (Å²) in [5.74, 6) is -0.481. The van der Waals surface area contributed by atoms with E-state index in [4.69, 9.17) is 9.15 Å². The summed E-state index contributed by atoms with van der Waals surface area (Å²) >= 11 is 0. The molecule has 2 rings (SSSR count). The van der Waals surface area contributed by atoms with E-state index < -0.39 is 11.6 Å². The number of carbonyl (C=O) groups excluding carboxylic acids is 1. The number of benzene rings is 1. The molecule has 1 aromatic carbocycles. The van der Waals surface area contributed by atoms with E-state index in [-0.39, 0.29) is 0 Å². The molecule has 0 amide bonds. The van der Waals surface area contributed by atoms with Crippen LogP contribution in [0.5, 0.6) is 0 Å². The summed E-state index contributed by atoms with van der Waals surface area (Å²) in [6.07, 6.45) is 2.61. The van der Waals surface area contributed by atoms with Gasteiger partial charge in [-0.1, -0.05) is 18.2 Å². The monoisotopic (exact) mass is 244 g/mol. The summed E-state index contributed by atoms with van der Waals surface area (Å²) in [4.78, 5) is 22.8. The molecule has 92 valence electrons. The third-order valence-electron chi connectivity index (χ3n) is 2.35. The summed E-state index contributed by atoms with van der Waals surface area (Å²) in [6, 6.07) is 8.87. The first-order valence-corrected chi connectivity index (χ1v) is 5.58. The van der Waals surface area contributed by atoms with E-state index in [1.165, 1.54) is 12.2 Å². The average molecular weight is 244 g/mol. The van der Waals surface area contributed by atoms with Gasteiger partial charge in [-0.2, -0.15) is 0 Å². The maximum Gasteiger partial charge on any atom is 0.343 e. The van der Waals surface area contributed by atoms with Crippen LogP contribution in [0.3, 0.4) is 0 Å². The van der Waals surface area contributed by atoms with Crippen LogP contribution in [0.25, 0.3) is 17.0 Å². The minimum Gasteiger partial charge on any atom is -0.463 e. The molecule has 0 radical (unpaired) electrons. The van der Waals surface area contributed by atoms with Crippen LogP contribution in [0.2, 0.25) is 0 Å². The third-order valence-corrected chi connectivity index (χ3v) is 2.35. The molecule has 18 heavy (non-hydrogen) atoms. The van der Waals surface area contributed by atoms with Crippen LogP contribution in [-0.2, 0) is 9.53 Å². The predicted molar refractivity (Wildman–Crippen MR) is 68.2 cm³/mol. The second-order valence-corrected chi connectivity index (χ2v) is 3.61. The zero-order valence-electron chi connectivity index (χ0n) is 9.88. The molecule has 0 atom stereocenters. The topological polar surface area (TPSA) is 56.5 Å². The van der Waals surface area contributed by atoms with E-state index in [2.05, 4.69) is 0 Å². The van der Waals surface area contributed by atoms with Crippen LogP contribution in [0.15, 0.2) is 45.6 Å². The largest absolute Gasteiger partial charge is 0.463 e. The zero-order chi connectivity index (χ0) is 13.0. The third kappa shape index (κ3) is 2.66. The Hall–Kier alpha value is -2.36. The molecule has 4 nitrogen and oxygen atoms in total. The minimum atomic E-state index is -0.481. The predicted octanol–water partition coefficient (Wildman–Crippen LogP) is 2.37. The van der Waals surface area contributed by atoms with Gasteiger partial charge in [0.2, 0.25) is 0 Å². The number of para-hydroxylation sites is 1. The lowest BCUT2D eigenvalue weighted by atomic mass is 10.2. The van der Waals surface area contributed by atoms with Crippen molar-refractivity contribution in [1.82, 2.24) is 0 Å². The molecule has 1 heterocycles. The van der Waals surface area contributed by atoms with Crippen molar-refractivity contribution in [2.24, 2.45) is 0 Å². The maximum atomic E-state index is 11.6. The molecule has 0 bridgehead atoms. The molecule has 1 aromatic heterocycles. The van der Waals surface area contributed by atoms with Gasteiger partial charge in [0.05, 0.1) is 12.2 Å². The maximum absolute atomic E-state index is 11.6. The van der Waals surface area contributed by atoms with Gasteiger partial charge in [-0.15, -0.1) is 0 Å². The first-order chi connectivity index (χ1) is 8.70. The molecule has 0 aliphatic heterocycles. The lowest BCUT2D eigenvalue weighted by Gasteiger charge is -1.98. The molecule has 0 spiro atoms. The van der Waals surface area contributed by atoms with Crippen molar-refractivity contribution in [2.75, 3.05) is 6.61 Å². The fraction of sp³-hybridized carbons (Fsp3) is 0.143.